The molecular weight excluding hydrogens is 330 g/mol. The highest BCUT2D eigenvalue weighted by atomic mass is 35.5. The van der Waals surface area contributed by atoms with E-state index in [2.05, 4.69) is 21.0 Å². The molecule has 2 unspecified atom stereocenters. The van der Waals surface area contributed by atoms with Gasteiger partial charge in [0.15, 0.2) is 0 Å². The van der Waals surface area contributed by atoms with Gasteiger partial charge in [-0.1, -0.05) is 84.0 Å². The first-order valence-corrected chi connectivity index (χ1v) is 11.4. The average Bonchev–Trinajstić information content (AvgIpc) is 2.53. The van der Waals surface area contributed by atoms with Crippen LogP contribution in [-0.4, -0.2) is 48.3 Å². The molecule has 0 radical (unpaired) electrons. The van der Waals surface area contributed by atoms with Gasteiger partial charge < -0.3 is 9.59 Å². The number of quaternary nitrogens is 1. The Hall–Kier alpha value is 0.210. The lowest BCUT2D eigenvalue weighted by Crippen LogP contribution is -2.45. The summed E-state index contributed by atoms with van der Waals surface area (Å²) >= 11 is 6.48. The number of hydrogen-bond acceptors (Lipinski definition) is 1. The van der Waals surface area contributed by atoms with Crippen LogP contribution in [0.4, 0.5) is 0 Å². The Kier molecular flexibility index (Phi) is 16.5. The second kappa shape index (κ2) is 16.4. The third-order valence-corrected chi connectivity index (χ3v) is 5.61. The molecule has 0 aromatic heterocycles. The number of rotatable bonds is 18. The van der Waals surface area contributed by atoms with Gasteiger partial charge >= 0.3 is 0 Å². The summed E-state index contributed by atoms with van der Waals surface area (Å²) in [4.78, 5) is 0. The van der Waals surface area contributed by atoms with Crippen molar-refractivity contribution in [2.75, 3.05) is 27.2 Å². The van der Waals surface area contributed by atoms with Crippen LogP contribution in [0.3, 0.4) is 0 Å². The highest BCUT2D eigenvalue weighted by Crippen LogP contribution is 2.17. The van der Waals surface area contributed by atoms with Crippen molar-refractivity contribution in [1.82, 2.24) is 0 Å². The smallest absolute Gasteiger partial charge is 0.104 e. The SMILES string of the molecule is CCCCCCCCCCCCCCC(Cl)CC[N+](C)(C)CC(C)O. The molecule has 0 saturated heterocycles. The molecule has 25 heavy (non-hydrogen) atoms. The monoisotopic (exact) mass is 376 g/mol. The Bertz CT molecular complexity index is 281. The largest absolute Gasteiger partial charge is 0.388 e. The first kappa shape index (κ1) is 25.2. The Balaban J connectivity index is 3.36. The highest BCUT2D eigenvalue weighted by Gasteiger charge is 2.19. The summed E-state index contributed by atoms with van der Waals surface area (Å²) in [5, 5.41) is 9.83. The molecule has 152 valence electrons. The first-order chi connectivity index (χ1) is 11.9. The van der Waals surface area contributed by atoms with E-state index in [0.29, 0.717) is 5.38 Å². The molecule has 0 fully saturated rings. The molecule has 0 aromatic carbocycles. The summed E-state index contributed by atoms with van der Waals surface area (Å²) in [6, 6.07) is 0. The number of nitrogens with zero attached hydrogens (tertiary/aromatic N) is 1. The third-order valence-electron chi connectivity index (χ3n) is 5.18. The number of aliphatic hydroxyl groups is 1. The molecule has 0 spiro atoms. The Labute approximate surface area is 163 Å². The third kappa shape index (κ3) is 18.8. The Morgan fingerprint density at radius 1 is 0.760 bits per heavy atom. The summed E-state index contributed by atoms with van der Waals surface area (Å²) in [5.74, 6) is 0. The second-order valence-corrected chi connectivity index (χ2v) is 9.37. The fraction of sp³-hybridized carbons (Fsp3) is 1.00. The standard InChI is InChI=1S/C22H47ClNO/c1-5-6-7-8-9-10-11-12-13-14-15-16-17-22(23)18-19-24(3,4)20-21(2)25/h21-22,25H,5-20H2,1-4H3/q+1. The average molecular weight is 377 g/mol. The van der Waals surface area contributed by atoms with E-state index < -0.39 is 0 Å². The van der Waals surface area contributed by atoms with Crippen molar-refractivity contribution in [2.45, 2.75) is 115 Å². The van der Waals surface area contributed by atoms with Gasteiger partial charge in [0, 0.05) is 11.8 Å². The van der Waals surface area contributed by atoms with Gasteiger partial charge in [0.25, 0.3) is 0 Å². The fourth-order valence-corrected chi connectivity index (χ4v) is 3.90. The van der Waals surface area contributed by atoms with Crippen LogP contribution < -0.4 is 0 Å². The molecule has 2 atom stereocenters. The minimum atomic E-state index is -0.236. The van der Waals surface area contributed by atoms with Crippen molar-refractivity contribution in [1.29, 1.82) is 0 Å². The molecule has 2 nitrogen and oxygen atoms in total. The zero-order valence-electron chi connectivity index (χ0n) is 17.7. The van der Waals surface area contributed by atoms with E-state index in [-0.39, 0.29) is 6.10 Å². The van der Waals surface area contributed by atoms with Crippen LogP contribution >= 0.6 is 11.6 Å². The molecule has 0 bridgehead atoms. The van der Waals surface area contributed by atoms with Crippen LogP contribution in [0.2, 0.25) is 0 Å². The maximum absolute atomic E-state index is 9.53. The van der Waals surface area contributed by atoms with Gasteiger partial charge in [0.1, 0.15) is 12.6 Å². The highest BCUT2D eigenvalue weighted by molar-refractivity contribution is 6.20. The summed E-state index contributed by atoms with van der Waals surface area (Å²) in [6.07, 6.45) is 18.7. The molecule has 0 aromatic rings. The number of hydrogen-bond donors (Lipinski definition) is 1. The van der Waals surface area contributed by atoms with E-state index in [1.165, 1.54) is 77.0 Å². The van der Waals surface area contributed by atoms with Crippen molar-refractivity contribution in [3.8, 4) is 0 Å². The predicted molar refractivity (Wildman–Crippen MR) is 113 cm³/mol. The van der Waals surface area contributed by atoms with Crippen LogP contribution in [-0.2, 0) is 0 Å². The van der Waals surface area contributed by atoms with Gasteiger partial charge in [-0.2, -0.15) is 0 Å². The van der Waals surface area contributed by atoms with Crippen LogP contribution in [0.1, 0.15) is 104 Å². The van der Waals surface area contributed by atoms with Gasteiger partial charge in [-0.05, 0) is 13.3 Å². The second-order valence-electron chi connectivity index (χ2n) is 8.75. The number of aliphatic hydroxyl groups excluding tert-OH is 1. The lowest BCUT2D eigenvalue weighted by Gasteiger charge is -2.31. The van der Waals surface area contributed by atoms with Crippen molar-refractivity contribution >= 4 is 11.6 Å². The van der Waals surface area contributed by atoms with E-state index in [1.54, 1.807) is 0 Å². The molecule has 1 N–H and O–H groups in total. The Morgan fingerprint density at radius 2 is 1.20 bits per heavy atom. The predicted octanol–water partition coefficient (Wildman–Crippen LogP) is 6.53. The lowest BCUT2D eigenvalue weighted by molar-refractivity contribution is -0.893. The fourth-order valence-electron chi connectivity index (χ4n) is 3.65. The quantitative estimate of drug-likeness (QED) is 0.164. The van der Waals surface area contributed by atoms with Crippen molar-refractivity contribution in [3.05, 3.63) is 0 Å². The van der Waals surface area contributed by atoms with Crippen molar-refractivity contribution in [3.63, 3.8) is 0 Å². The minimum absolute atomic E-state index is 0.236. The van der Waals surface area contributed by atoms with E-state index in [1.807, 2.05) is 6.92 Å². The molecule has 0 heterocycles. The molecular formula is C22H47ClNO+. The molecule has 0 rings (SSSR count). The van der Waals surface area contributed by atoms with E-state index in [9.17, 15) is 5.11 Å². The number of unbranched alkanes of at least 4 members (excludes halogenated alkanes) is 11. The van der Waals surface area contributed by atoms with Crippen LogP contribution in [0, 0.1) is 0 Å². The zero-order chi connectivity index (χ0) is 19.0. The molecule has 3 heteroatoms. The van der Waals surface area contributed by atoms with Crippen LogP contribution in [0.25, 0.3) is 0 Å². The maximum Gasteiger partial charge on any atom is 0.104 e. The maximum atomic E-state index is 9.53. The van der Waals surface area contributed by atoms with E-state index >= 15 is 0 Å². The summed E-state index contributed by atoms with van der Waals surface area (Å²) < 4.78 is 0.860. The number of likely N-dealkylation sites (N-methyl/N-ethyl adjacent to an activating group) is 1. The van der Waals surface area contributed by atoms with E-state index in [0.717, 1.165) is 30.4 Å². The molecule has 0 aliphatic heterocycles. The normalized spacial score (nSPS) is 14.6. The van der Waals surface area contributed by atoms with Crippen molar-refractivity contribution < 1.29 is 9.59 Å². The lowest BCUT2D eigenvalue weighted by atomic mass is 10.0. The number of halogens is 1. The van der Waals surface area contributed by atoms with Crippen molar-refractivity contribution in [2.24, 2.45) is 0 Å². The Morgan fingerprint density at radius 3 is 1.64 bits per heavy atom. The van der Waals surface area contributed by atoms with Gasteiger partial charge in [0.2, 0.25) is 0 Å². The molecule has 0 aliphatic rings. The summed E-state index contributed by atoms with van der Waals surface area (Å²) in [7, 11) is 4.36. The number of alkyl halides is 1. The van der Waals surface area contributed by atoms with E-state index in [4.69, 9.17) is 11.6 Å². The van der Waals surface area contributed by atoms with Gasteiger partial charge in [-0.3, -0.25) is 0 Å². The van der Waals surface area contributed by atoms with Gasteiger partial charge in [-0.25, -0.2) is 0 Å². The topological polar surface area (TPSA) is 20.2 Å². The molecule has 0 saturated carbocycles. The van der Waals surface area contributed by atoms with Crippen LogP contribution in [0.5, 0.6) is 0 Å². The minimum Gasteiger partial charge on any atom is -0.388 e. The molecule has 0 amide bonds. The van der Waals surface area contributed by atoms with Gasteiger partial charge in [0.05, 0.1) is 20.6 Å². The summed E-state index contributed by atoms with van der Waals surface area (Å²) in [6.45, 7) is 6.01. The van der Waals surface area contributed by atoms with Crippen LogP contribution in [0.15, 0.2) is 0 Å². The molecule has 0 aliphatic carbocycles. The first-order valence-electron chi connectivity index (χ1n) is 11.0. The summed E-state index contributed by atoms with van der Waals surface area (Å²) in [5.41, 5.74) is 0. The zero-order valence-corrected chi connectivity index (χ0v) is 18.5. The van der Waals surface area contributed by atoms with Gasteiger partial charge in [-0.15, -0.1) is 11.6 Å².